The van der Waals surface area contributed by atoms with Gasteiger partial charge in [-0.25, -0.2) is 0 Å². The number of amides is 4. The summed E-state index contributed by atoms with van der Waals surface area (Å²) >= 11 is 0. The van der Waals surface area contributed by atoms with Crippen LogP contribution < -0.4 is 16.4 Å². The molecule has 0 saturated carbocycles. The summed E-state index contributed by atoms with van der Waals surface area (Å²) in [5.41, 5.74) is 7.47. The van der Waals surface area contributed by atoms with Crippen molar-refractivity contribution in [1.82, 2.24) is 25.3 Å². The van der Waals surface area contributed by atoms with E-state index in [4.69, 9.17) is 15.2 Å². The van der Waals surface area contributed by atoms with Crippen LogP contribution in [0.15, 0.2) is 24.3 Å². The van der Waals surface area contributed by atoms with Gasteiger partial charge in [0.05, 0.1) is 55.2 Å². The van der Waals surface area contributed by atoms with E-state index in [1.165, 1.54) is 0 Å². The van der Waals surface area contributed by atoms with Crippen molar-refractivity contribution < 1.29 is 28.7 Å². The van der Waals surface area contributed by atoms with Gasteiger partial charge in [0.15, 0.2) is 0 Å². The number of benzene rings is 1. The molecule has 1 aliphatic rings. The number of likely N-dealkylation sites (tertiary alicyclic amines) is 1. The number of carbonyl (C=O) groups is 4. The molecule has 13 nitrogen and oxygen atoms in total. The first-order valence-corrected chi connectivity index (χ1v) is 18.6. The van der Waals surface area contributed by atoms with E-state index in [1.54, 1.807) is 55.9 Å². The van der Waals surface area contributed by atoms with E-state index in [0.717, 1.165) is 18.4 Å². The van der Waals surface area contributed by atoms with Gasteiger partial charge in [-0.15, -0.1) is 0 Å². The Labute approximate surface area is 311 Å². The van der Waals surface area contributed by atoms with Gasteiger partial charge in [-0.3, -0.25) is 24.1 Å². The number of hydrogen-bond donors (Lipinski definition) is 3. The lowest BCUT2D eigenvalue weighted by Crippen LogP contribution is -2.59. The Morgan fingerprint density at radius 2 is 1.71 bits per heavy atom. The second-order valence-electron chi connectivity index (χ2n) is 15.0. The van der Waals surface area contributed by atoms with Crippen LogP contribution in [0.2, 0.25) is 0 Å². The van der Waals surface area contributed by atoms with Crippen molar-refractivity contribution in [1.29, 1.82) is 5.26 Å². The standard InChI is InChI=1S/C39H65N7O6/c1-12-25(4)35(45(9)39(50)34(24(2)3)43-38(49)27(6)44(7)8)32(51-10)23-33(47)46-20-14-17-31(46)36(52-11)26(5)37(48)42-30(18-19-40)22-28-15-13-16-29(41)21-28/h13,15-16,21,24-27,30-32,34-36H,12,14,17-18,20,22-23,41H2,1-11H3,(H,42,48)(H,43,49)/t25-,26+,27+,30+,31-,32+,34?,35-,36+/m0/s1. The minimum Gasteiger partial charge on any atom is -0.399 e. The Morgan fingerprint density at radius 1 is 1.04 bits per heavy atom. The van der Waals surface area contributed by atoms with E-state index in [-0.39, 0.29) is 54.3 Å². The molecule has 1 unspecified atom stereocenters. The van der Waals surface area contributed by atoms with E-state index in [2.05, 4.69) is 16.7 Å². The number of nitrogens with zero attached hydrogens (tertiary/aromatic N) is 4. The van der Waals surface area contributed by atoms with Crippen LogP contribution >= 0.6 is 0 Å². The van der Waals surface area contributed by atoms with Crippen molar-refractivity contribution in [3.05, 3.63) is 29.8 Å². The number of methoxy groups -OCH3 is 2. The fourth-order valence-electron chi connectivity index (χ4n) is 7.17. The highest BCUT2D eigenvalue weighted by molar-refractivity contribution is 5.90. The van der Waals surface area contributed by atoms with Crippen molar-refractivity contribution in [2.45, 2.75) is 122 Å². The van der Waals surface area contributed by atoms with Gasteiger partial charge in [0.25, 0.3) is 0 Å². The number of carbonyl (C=O) groups excluding carboxylic acids is 4. The first-order chi connectivity index (χ1) is 24.5. The molecule has 292 valence electrons. The summed E-state index contributed by atoms with van der Waals surface area (Å²) in [6.07, 6.45) is 1.56. The molecule has 0 aromatic heterocycles. The lowest BCUT2D eigenvalue weighted by molar-refractivity contribution is -0.148. The number of rotatable bonds is 20. The van der Waals surface area contributed by atoms with Crippen molar-refractivity contribution in [2.75, 3.05) is 47.6 Å². The summed E-state index contributed by atoms with van der Waals surface area (Å²) < 4.78 is 11.9. The number of likely N-dealkylation sites (N-methyl/N-ethyl adjacent to an activating group) is 2. The predicted octanol–water partition coefficient (Wildman–Crippen LogP) is 3.22. The lowest BCUT2D eigenvalue weighted by Gasteiger charge is -2.41. The topological polar surface area (TPSA) is 170 Å². The quantitative estimate of drug-likeness (QED) is 0.171. The van der Waals surface area contributed by atoms with Crippen LogP contribution in [-0.4, -0.2) is 123 Å². The van der Waals surface area contributed by atoms with Crippen LogP contribution in [-0.2, 0) is 35.1 Å². The molecular weight excluding hydrogens is 662 g/mol. The van der Waals surface area contributed by atoms with Gasteiger partial charge in [-0.2, -0.15) is 5.26 Å². The normalized spacial score (nSPS) is 19.2. The molecule has 4 N–H and O–H groups in total. The Morgan fingerprint density at radius 3 is 2.25 bits per heavy atom. The number of nitriles is 1. The number of nitrogen functional groups attached to an aromatic ring is 1. The Balaban J connectivity index is 2.25. The summed E-state index contributed by atoms with van der Waals surface area (Å²) in [6.45, 7) is 12.0. The fourth-order valence-corrected chi connectivity index (χ4v) is 7.17. The van der Waals surface area contributed by atoms with Crippen molar-refractivity contribution in [3.63, 3.8) is 0 Å². The third-order valence-corrected chi connectivity index (χ3v) is 10.8. The number of ether oxygens (including phenoxy) is 2. The Bertz CT molecular complexity index is 1370. The van der Waals surface area contributed by atoms with E-state index in [0.29, 0.717) is 25.1 Å². The third-order valence-electron chi connectivity index (χ3n) is 10.8. The highest BCUT2D eigenvalue weighted by Gasteiger charge is 2.43. The van der Waals surface area contributed by atoms with Crippen LogP contribution in [0, 0.1) is 29.1 Å². The number of nitrogens with one attached hydrogen (secondary N) is 2. The summed E-state index contributed by atoms with van der Waals surface area (Å²) in [6, 6.07) is 7.16. The van der Waals surface area contributed by atoms with Crippen molar-refractivity contribution >= 4 is 29.3 Å². The summed E-state index contributed by atoms with van der Waals surface area (Å²) in [7, 11) is 8.45. The second-order valence-corrected chi connectivity index (χ2v) is 15.0. The summed E-state index contributed by atoms with van der Waals surface area (Å²) in [5.74, 6) is -1.67. The zero-order valence-corrected chi connectivity index (χ0v) is 33.3. The van der Waals surface area contributed by atoms with Crippen molar-refractivity contribution in [3.8, 4) is 6.07 Å². The second kappa shape index (κ2) is 21.1. The van der Waals surface area contributed by atoms with Gasteiger partial charge >= 0.3 is 0 Å². The summed E-state index contributed by atoms with van der Waals surface area (Å²) in [5, 5.41) is 15.5. The van der Waals surface area contributed by atoms with Crippen LogP contribution in [0.3, 0.4) is 0 Å². The SMILES string of the molecule is CC[C@H](C)[C@@H]([C@@H](CC(=O)N1CCC[C@H]1[C@H](OC)[C@@H](C)C(=O)N[C@H](CC#N)Cc1cccc(N)c1)OC)N(C)C(=O)C(NC(=O)[C@@H](C)N(C)C)C(C)C. The van der Waals surface area contributed by atoms with Gasteiger partial charge in [0, 0.05) is 39.5 Å². The first-order valence-electron chi connectivity index (χ1n) is 18.6. The van der Waals surface area contributed by atoms with Crippen LogP contribution in [0.1, 0.15) is 79.2 Å². The highest BCUT2D eigenvalue weighted by atomic mass is 16.5. The van der Waals surface area contributed by atoms with Gasteiger partial charge in [-0.05, 0) is 69.8 Å². The van der Waals surface area contributed by atoms with E-state index in [9.17, 15) is 24.4 Å². The molecule has 9 atom stereocenters. The number of hydrogen-bond acceptors (Lipinski definition) is 9. The molecule has 0 radical (unpaired) electrons. The maximum atomic E-state index is 14.1. The lowest BCUT2D eigenvalue weighted by atomic mass is 9.89. The van der Waals surface area contributed by atoms with Crippen LogP contribution in [0.5, 0.6) is 0 Å². The molecule has 52 heavy (non-hydrogen) atoms. The maximum Gasteiger partial charge on any atom is 0.245 e. The largest absolute Gasteiger partial charge is 0.399 e. The van der Waals surface area contributed by atoms with E-state index < -0.39 is 42.3 Å². The molecular formula is C39H65N7O6. The molecule has 0 spiro atoms. The Kier molecular flexibility index (Phi) is 18.0. The third kappa shape index (κ3) is 11.9. The molecule has 1 aromatic carbocycles. The minimum atomic E-state index is -0.753. The summed E-state index contributed by atoms with van der Waals surface area (Å²) in [4.78, 5) is 60.0. The highest BCUT2D eigenvalue weighted by Crippen LogP contribution is 2.30. The number of anilines is 1. The van der Waals surface area contributed by atoms with Crippen LogP contribution in [0.4, 0.5) is 5.69 Å². The van der Waals surface area contributed by atoms with Gasteiger partial charge < -0.3 is 35.6 Å². The molecule has 1 fully saturated rings. The van der Waals surface area contributed by atoms with Gasteiger partial charge in [0.1, 0.15) is 6.04 Å². The zero-order chi connectivity index (χ0) is 39.3. The molecule has 2 rings (SSSR count). The van der Waals surface area contributed by atoms with Gasteiger partial charge in [-0.1, -0.05) is 53.2 Å². The number of nitrogens with two attached hydrogens (primary N) is 1. The fraction of sp³-hybridized carbons (Fsp3) is 0.718. The minimum absolute atomic E-state index is 0.0191. The first kappa shape index (κ1) is 44.4. The molecule has 0 bridgehead atoms. The average Bonchev–Trinajstić information content (AvgIpc) is 3.59. The molecule has 1 aromatic rings. The molecule has 13 heteroatoms. The molecule has 1 saturated heterocycles. The van der Waals surface area contributed by atoms with E-state index >= 15 is 0 Å². The van der Waals surface area contributed by atoms with Crippen LogP contribution in [0.25, 0.3) is 0 Å². The molecule has 1 heterocycles. The smallest absolute Gasteiger partial charge is 0.245 e. The Hall–Kier alpha value is -3.73. The average molecular weight is 728 g/mol. The van der Waals surface area contributed by atoms with Crippen molar-refractivity contribution in [2.24, 2.45) is 17.8 Å². The molecule has 1 aliphatic heterocycles. The molecule has 0 aliphatic carbocycles. The monoisotopic (exact) mass is 727 g/mol. The maximum absolute atomic E-state index is 14.1. The van der Waals surface area contributed by atoms with E-state index in [1.807, 2.05) is 60.0 Å². The van der Waals surface area contributed by atoms with Gasteiger partial charge in [0.2, 0.25) is 23.6 Å². The predicted molar refractivity (Wildman–Crippen MR) is 203 cm³/mol. The zero-order valence-electron chi connectivity index (χ0n) is 33.3. The molecule has 4 amide bonds.